The van der Waals surface area contributed by atoms with Crippen molar-refractivity contribution in [1.29, 1.82) is 0 Å². The molecule has 0 spiro atoms. The van der Waals surface area contributed by atoms with Gasteiger partial charge in [0.05, 0.1) is 11.8 Å². The average Bonchev–Trinajstić information content (AvgIpc) is 2.80. The second-order valence-corrected chi connectivity index (χ2v) is 4.60. The minimum atomic E-state index is -0.524. The maximum atomic E-state index is 13.6. The third-order valence-electron chi connectivity index (χ3n) is 2.64. The van der Waals surface area contributed by atoms with Crippen LogP contribution in [0.15, 0.2) is 28.8 Å². The van der Waals surface area contributed by atoms with Crippen molar-refractivity contribution in [1.82, 2.24) is 10.3 Å². The zero-order chi connectivity index (χ0) is 13.8. The van der Waals surface area contributed by atoms with Crippen molar-refractivity contribution < 1.29 is 13.2 Å². The van der Waals surface area contributed by atoms with Crippen LogP contribution >= 0.6 is 0 Å². The van der Waals surface area contributed by atoms with Gasteiger partial charge in [0.2, 0.25) is 0 Å². The summed E-state index contributed by atoms with van der Waals surface area (Å²) in [7, 11) is 0. The first-order valence-electron chi connectivity index (χ1n) is 6.20. The van der Waals surface area contributed by atoms with Gasteiger partial charge in [-0.3, -0.25) is 0 Å². The molecule has 19 heavy (non-hydrogen) atoms. The van der Waals surface area contributed by atoms with Crippen LogP contribution in [0.1, 0.15) is 19.7 Å². The minimum Gasteiger partial charge on any atom is -0.441 e. The van der Waals surface area contributed by atoms with Crippen LogP contribution in [0.4, 0.5) is 8.78 Å². The zero-order valence-electron chi connectivity index (χ0n) is 10.9. The van der Waals surface area contributed by atoms with Crippen molar-refractivity contribution in [3.63, 3.8) is 0 Å². The lowest BCUT2D eigenvalue weighted by Crippen LogP contribution is -2.24. The number of nitrogens with zero attached hydrogens (tertiary/aromatic N) is 1. The summed E-state index contributed by atoms with van der Waals surface area (Å²) < 4.78 is 32.1. The second-order valence-electron chi connectivity index (χ2n) is 4.60. The van der Waals surface area contributed by atoms with Gasteiger partial charge in [-0.15, -0.1) is 0 Å². The molecule has 1 heterocycles. The number of halogens is 2. The van der Waals surface area contributed by atoms with Gasteiger partial charge >= 0.3 is 0 Å². The van der Waals surface area contributed by atoms with Gasteiger partial charge in [-0.2, -0.15) is 0 Å². The molecule has 5 heteroatoms. The van der Waals surface area contributed by atoms with Crippen molar-refractivity contribution in [3.8, 4) is 11.3 Å². The number of oxazole rings is 1. The molecule has 0 saturated carbocycles. The molecule has 1 N–H and O–H groups in total. The fourth-order valence-corrected chi connectivity index (χ4v) is 1.70. The number of nitrogens with one attached hydrogen (secondary N) is 1. The van der Waals surface area contributed by atoms with Crippen LogP contribution < -0.4 is 5.32 Å². The molecule has 0 aliphatic rings. The minimum absolute atomic E-state index is 0.0931. The Bertz CT molecular complexity index is 552. The predicted octanol–water partition coefficient (Wildman–Crippen LogP) is 3.16. The van der Waals surface area contributed by atoms with Gasteiger partial charge in [0, 0.05) is 19.0 Å². The number of hydrogen-bond donors (Lipinski definition) is 1. The van der Waals surface area contributed by atoms with Crippen LogP contribution in [0.2, 0.25) is 0 Å². The van der Waals surface area contributed by atoms with Gasteiger partial charge in [-0.1, -0.05) is 13.8 Å². The summed E-state index contributed by atoms with van der Waals surface area (Å²) in [5, 5.41) is 3.23. The molecule has 3 nitrogen and oxygen atoms in total. The molecule has 0 amide bonds. The Hall–Kier alpha value is -1.75. The van der Waals surface area contributed by atoms with Crippen LogP contribution in [0, 0.1) is 11.6 Å². The first-order valence-corrected chi connectivity index (χ1v) is 6.20. The van der Waals surface area contributed by atoms with Crippen molar-refractivity contribution in [2.75, 3.05) is 6.54 Å². The maximum absolute atomic E-state index is 13.6. The second kappa shape index (κ2) is 5.93. The molecule has 0 unspecified atom stereocenters. The summed E-state index contributed by atoms with van der Waals surface area (Å²) in [6.07, 6.45) is 2.03. The number of aromatic nitrogens is 1. The third-order valence-corrected chi connectivity index (χ3v) is 2.64. The molecule has 0 saturated heterocycles. The van der Waals surface area contributed by atoms with Gasteiger partial charge < -0.3 is 9.73 Å². The van der Waals surface area contributed by atoms with Crippen molar-refractivity contribution >= 4 is 0 Å². The Kier molecular flexibility index (Phi) is 4.27. The molecular weight excluding hydrogens is 250 g/mol. The smallest absolute Gasteiger partial charge is 0.196 e. The molecule has 0 bridgehead atoms. The molecule has 0 aliphatic heterocycles. The molecule has 2 aromatic rings. The standard InChI is InChI=1S/C14H16F2N2O/c1-9(2)17-6-5-14-18-8-13(19-14)11-7-10(15)3-4-12(11)16/h3-4,7-9,17H,5-6H2,1-2H3. The molecule has 0 fully saturated rings. The van der Waals surface area contributed by atoms with E-state index in [1.165, 1.54) is 6.20 Å². The Morgan fingerprint density at radius 2 is 2.11 bits per heavy atom. The van der Waals surface area contributed by atoms with E-state index in [2.05, 4.69) is 10.3 Å². The summed E-state index contributed by atoms with van der Waals surface area (Å²) >= 11 is 0. The van der Waals surface area contributed by atoms with E-state index in [4.69, 9.17) is 4.42 Å². The summed E-state index contributed by atoms with van der Waals surface area (Å²) in [5.41, 5.74) is 0.0931. The van der Waals surface area contributed by atoms with E-state index >= 15 is 0 Å². The highest BCUT2D eigenvalue weighted by Gasteiger charge is 2.12. The van der Waals surface area contributed by atoms with E-state index in [0.717, 1.165) is 24.7 Å². The SMILES string of the molecule is CC(C)NCCc1ncc(-c2cc(F)ccc2F)o1. The lowest BCUT2D eigenvalue weighted by Gasteiger charge is -2.05. The Morgan fingerprint density at radius 1 is 1.32 bits per heavy atom. The first-order chi connectivity index (χ1) is 9.06. The molecule has 0 aliphatic carbocycles. The van der Waals surface area contributed by atoms with Gasteiger partial charge in [-0.25, -0.2) is 13.8 Å². The van der Waals surface area contributed by atoms with E-state index in [1.807, 2.05) is 13.8 Å². The first kappa shape index (κ1) is 13.7. The lowest BCUT2D eigenvalue weighted by atomic mass is 10.2. The van der Waals surface area contributed by atoms with Crippen LogP contribution in [-0.4, -0.2) is 17.6 Å². The fourth-order valence-electron chi connectivity index (χ4n) is 1.70. The molecule has 0 atom stereocenters. The fraction of sp³-hybridized carbons (Fsp3) is 0.357. The number of rotatable bonds is 5. The highest BCUT2D eigenvalue weighted by atomic mass is 19.1. The number of benzene rings is 1. The van der Waals surface area contributed by atoms with E-state index in [1.54, 1.807) is 0 Å². The van der Waals surface area contributed by atoms with Crippen LogP contribution in [0.5, 0.6) is 0 Å². The average molecular weight is 266 g/mol. The third kappa shape index (κ3) is 3.61. The van der Waals surface area contributed by atoms with Gasteiger partial charge in [0.25, 0.3) is 0 Å². The van der Waals surface area contributed by atoms with Crippen LogP contribution in [-0.2, 0) is 6.42 Å². The molecular formula is C14H16F2N2O. The van der Waals surface area contributed by atoms with E-state index in [9.17, 15) is 8.78 Å². The van der Waals surface area contributed by atoms with Crippen LogP contribution in [0.3, 0.4) is 0 Å². The monoisotopic (exact) mass is 266 g/mol. The zero-order valence-corrected chi connectivity index (χ0v) is 10.9. The highest BCUT2D eigenvalue weighted by Crippen LogP contribution is 2.24. The largest absolute Gasteiger partial charge is 0.441 e. The predicted molar refractivity (Wildman–Crippen MR) is 68.7 cm³/mol. The highest BCUT2D eigenvalue weighted by molar-refractivity contribution is 5.57. The van der Waals surface area contributed by atoms with E-state index < -0.39 is 11.6 Å². The topological polar surface area (TPSA) is 38.1 Å². The summed E-state index contributed by atoms with van der Waals surface area (Å²) in [6, 6.07) is 3.64. The number of hydrogen-bond acceptors (Lipinski definition) is 3. The normalized spacial score (nSPS) is 11.2. The van der Waals surface area contributed by atoms with Gasteiger partial charge in [-0.05, 0) is 18.2 Å². The van der Waals surface area contributed by atoms with Crippen LogP contribution in [0.25, 0.3) is 11.3 Å². The van der Waals surface area contributed by atoms with Crippen molar-refractivity contribution in [2.24, 2.45) is 0 Å². The summed E-state index contributed by atoms with van der Waals surface area (Å²) in [5.74, 6) is -0.274. The Balaban J connectivity index is 2.10. The summed E-state index contributed by atoms with van der Waals surface area (Å²) in [6.45, 7) is 4.81. The molecule has 0 radical (unpaired) electrons. The van der Waals surface area contributed by atoms with E-state index in [-0.39, 0.29) is 11.3 Å². The van der Waals surface area contributed by atoms with Gasteiger partial charge in [0.1, 0.15) is 11.6 Å². The van der Waals surface area contributed by atoms with Crippen molar-refractivity contribution in [3.05, 3.63) is 41.9 Å². The quantitative estimate of drug-likeness (QED) is 0.903. The Morgan fingerprint density at radius 3 is 2.84 bits per heavy atom. The molecule has 1 aromatic heterocycles. The lowest BCUT2D eigenvalue weighted by molar-refractivity contribution is 0.481. The molecule has 102 valence electrons. The summed E-state index contributed by atoms with van der Waals surface area (Å²) in [4.78, 5) is 4.06. The Labute approximate surface area is 110 Å². The molecule has 1 aromatic carbocycles. The van der Waals surface area contributed by atoms with Crippen molar-refractivity contribution in [2.45, 2.75) is 26.3 Å². The van der Waals surface area contributed by atoms with Gasteiger partial charge in [0.15, 0.2) is 11.7 Å². The maximum Gasteiger partial charge on any atom is 0.196 e. The van der Waals surface area contributed by atoms with E-state index in [0.29, 0.717) is 18.4 Å². The molecule has 2 rings (SSSR count).